The van der Waals surface area contributed by atoms with Gasteiger partial charge >= 0.3 is 0 Å². The molecule has 2 aromatic heterocycles. The standard InChI is InChI=1S/C23H33N5O/c1-4-28-23-20(16-25-28)22(24-15-17-8-6-5-7-9-17)19-14-18(10-11-21(19)26-23)29-13-12-27(2)3/h10-11,14,16-17H,4-9,12-13,15H2,1-3H3,(H,24,26). The number of pyridine rings is 1. The molecule has 0 bridgehead atoms. The SMILES string of the molecule is CCn1ncc2c(NCC3CCCCC3)c3cc(OCCN(C)C)ccc3nc21. The van der Waals surface area contributed by atoms with Gasteiger partial charge in [0.2, 0.25) is 0 Å². The molecule has 1 aromatic carbocycles. The molecule has 0 spiro atoms. The van der Waals surface area contributed by atoms with E-state index in [1.807, 2.05) is 16.9 Å². The van der Waals surface area contributed by atoms with Gasteiger partial charge < -0.3 is 15.0 Å². The normalized spacial score (nSPS) is 15.4. The summed E-state index contributed by atoms with van der Waals surface area (Å²) >= 11 is 0. The molecule has 29 heavy (non-hydrogen) atoms. The molecule has 3 aromatic rings. The van der Waals surface area contributed by atoms with Crippen LogP contribution < -0.4 is 10.1 Å². The number of fused-ring (bicyclic) bond motifs is 2. The first-order chi connectivity index (χ1) is 14.2. The van der Waals surface area contributed by atoms with Gasteiger partial charge in [0.15, 0.2) is 5.65 Å². The average molecular weight is 396 g/mol. The van der Waals surface area contributed by atoms with E-state index in [9.17, 15) is 0 Å². The minimum atomic E-state index is 0.673. The van der Waals surface area contributed by atoms with E-state index in [2.05, 4.69) is 48.5 Å². The van der Waals surface area contributed by atoms with E-state index in [1.54, 1.807) is 0 Å². The van der Waals surface area contributed by atoms with Crippen LogP contribution in [-0.4, -0.2) is 53.5 Å². The lowest BCUT2D eigenvalue weighted by Crippen LogP contribution is -2.19. The van der Waals surface area contributed by atoms with E-state index in [1.165, 1.54) is 32.1 Å². The largest absolute Gasteiger partial charge is 0.492 e. The second kappa shape index (κ2) is 8.99. The summed E-state index contributed by atoms with van der Waals surface area (Å²) in [5.41, 5.74) is 3.08. The van der Waals surface area contributed by atoms with E-state index in [0.717, 1.165) is 58.9 Å². The van der Waals surface area contributed by atoms with Gasteiger partial charge in [-0.1, -0.05) is 19.3 Å². The van der Waals surface area contributed by atoms with Crippen molar-refractivity contribution >= 4 is 27.6 Å². The topological polar surface area (TPSA) is 55.2 Å². The zero-order chi connectivity index (χ0) is 20.2. The number of hydrogen-bond acceptors (Lipinski definition) is 5. The Hall–Kier alpha value is -2.34. The summed E-state index contributed by atoms with van der Waals surface area (Å²) in [6, 6.07) is 6.22. The first-order valence-corrected chi connectivity index (χ1v) is 11.0. The number of hydrogen-bond donors (Lipinski definition) is 1. The van der Waals surface area contributed by atoms with Crippen molar-refractivity contribution in [2.24, 2.45) is 5.92 Å². The summed E-state index contributed by atoms with van der Waals surface area (Å²) < 4.78 is 7.97. The Morgan fingerprint density at radius 3 is 2.76 bits per heavy atom. The van der Waals surface area contributed by atoms with Gasteiger partial charge in [-0.3, -0.25) is 0 Å². The minimum absolute atomic E-state index is 0.673. The first-order valence-electron chi connectivity index (χ1n) is 11.0. The van der Waals surface area contributed by atoms with E-state index in [-0.39, 0.29) is 0 Å². The van der Waals surface area contributed by atoms with Gasteiger partial charge in [0.1, 0.15) is 12.4 Å². The highest BCUT2D eigenvalue weighted by atomic mass is 16.5. The molecule has 1 N–H and O–H groups in total. The highest BCUT2D eigenvalue weighted by Gasteiger charge is 2.17. The second-order valence-electron chi connectivity index (χ2n) is 8.40. The molecule has 4 rings (SSSR count). The van der Waals surface area contributed by atoms with Crippen LogP contribution >= 0.6 is 0 Å². The summed E-state index contributed by atoms with van der Waals surface area (Å²) in [6.07, 6.45) is 8.70. The minimum Gasteiger partial charge on any atom is -0.492 e. The summed E-state index contributed by atoms with van der Waals surface area (Å²) in [7, 11) is 4.12. The van der Waals surface area contributed by atoms with Crippen LogP contribution in [0.25, 0.3) is 21.9 Å². The molecular formula is C23H33N5O. The smallest absolute Gasteiger partial charge is 0.160 e. The Labute approximate surface area is 173 Å². The van der Waals surface area contributed by atoms with E-state index < -0.39 is 0 Å². The van der Waals surface area contributed by atoms with E-state index in [0.29, 0.717) is 6.61 Å². The van der Waals surface area contributed by atoms with Crippen molar-refractivity contribution in [3.05, 3.63) is 24.4 Å². The van der Waals surface area contributed by atoms with Gasteiger partial charge in [0.25, 0.3) is 0 Å². The van der Waals surface area contributed by atoms with Crippen LogP contribution in [-0.2, 0) is 6.54 Å². The second-order valence-corrected chi connectivity index (χ2v) is 8.40. The third kappa shape index (κ3) is 4.47. The van der Waals surface area contributed by atoms with E-state index >= 15 is 0 Å². The molecule has 1 aliphatic rings. The van der Waals surface area contributed by atoms with Gasteiger partial charge in [-0.25, -0.2) is 9.67 Å². The summed E-state index contributed by atoms with van der Waals surface area (Å²) in [5.74, 6) is 1.65. The maximum Gasteiger partial charge on any atom is 0.160 e. The van der Waals surface area contributed by atoms with Crippen LogP contribution in [0.15, 0.2) is 24.4 Å². The zero-order valence-electron chi connectivity index (χ0n) is 17.9. The van der Waals surface area contributed by atoms with Crippen molar-refractivity contribution in [1.82, 2.24) is 19.7 Å². The maximum absolute atomic E-state index is 5.99. The molecule has 6 nitrogen and oxygen atoms in total. The Bertz CT molecular complexity index is 959. The number of nitrogens with zero attached hydrogens (tertiary/aromatic N) is 4. The fraction of sp³-hybridized carbons (Fsp3) is 0.565. The molecule has 2 heterocycles. The zero-order valence-corrected chi connectivity index (χ0v) is 17.9. The number of likely N-dealkylation sites (N-methyl/N-ethyl adjacent to an activating group) is 1. The maximum atomic E-state index is 5.99. The summed E-state index contributed by atoms with van der Waals surface area (Å²) in [5, 5.41) is 10.6. The lowest BCUT2D eigenvalue weighted by atomic mass is 9.89. The van der Waals surface area contributed by atoms with Gasteiger partial charge in [0.05, 0.1) is 22.8 Å². The molecule has 0 saturated heterocycles. The number of rotatable bonds is 8. The van der Waals surface area contributed by atoms with Crippen LogP contribution in [0.2, 0.25) is 0 Å². The number of anilines is 1. The molecule has 0 atom stereocenters. The lowest BCUT2D eigenvalue weighted by Gasteiger charge is -2.23. The Balaban J connectivity index is 1.68. The molecule has 1 fully saturated rings. The van der Waals surface area contributed by atoms with Crippen molar-refractivity contribution in [3.8, 4) is 5.75 Å². The molecule has 156 valence electrons. The van der Waals surface area contributed by atoms with Crippen molar-refractivity contribution < 1.29 is 4.74 Å². The predicted molar refractivity (Wildman–Crippen MR) is 120 cm³/mol. The van der Waals surface area contributed by atoms with Crippen molar-refractivity contribution in [3.63, 3.8) is 0 Å². The number of benzene rings is 1. The number of ether oxygens (including phenoxy) is 1. The Morgan fingerprint density at radius 1 is 1.17 bits per heavy atom. The van der Waals surface area contributed by atoms with Crippen LogP contribution in [0.4, 0.5) is 5.69 Å². The van der Waals surface area contributed by atoms with Crippen LogP contribution in [0.3, 0.4) is 0 Å². The number of aromatic nitrogens is 3. The summed E-state index contributed by atoms with van der Waals surface area (Å²) in [6.45, 7) is 5.50. The van der Waals surface area contributed by atoms with Crippen LogP contribution in [0.1, 0.15) is 39.0 Å². The van der Waals surface area contributed by atoms with Crippen molar-refractivity contribution in [2.75, 3.05) is 39.1 Å². The first kappa shape index (κ1) is 20.0. The predicted octanol–water partition coefficient (Wildman–Crippen LogP) is 4.54. The molecule has 6 heteroatoms. The van der Waals surface area contributed by atoms with Crippen molar-refractivity contribution in [1.29, 1.82) is 0 Å². The third-order valence-electron chi connectivity index (χ3n) is 5.94. The third-order valence-corrected chi connectivity index (χ3v) is 5.94. The molecule has 1 aliphatic carbocycles. The molecule has 0 amide bonds. The Kier molecular flexibility index (Phi) is 6.19. The van der Waals surface area contributed by atoms with Crippen LogP contribution in [0.5, 0.6) is 5.75 Å². The lowest BCUT2D eigenvalue weighted by molar-refractivity contribution is 0.261. The quantitative estimate of drug-likeness (QED) is 0.607. The fourth-order valence-electron chi connectivity index (χ4n) is 4.24. The van der Waals surface area contributed by atoms with Gasteiger partial charge in [0, 0.05) is 25.0 Å². The van der Waals surface area contributed by atoms with E-state index in [4.69, 9.17) is 9.72 Å². The molecule has 1 saturated carbocycles. The van der Waals surface area contributed by atoms with Gasteiger partial charge in [-0.15, -0.1) is 0 Å². The summed E-state index contributed by atoms with van der Waals surface area (Å²) in [4.78, 5) is 7.04. The average Bonchev–Trinajstić information content (AvgIpc) is 3.14. The fourth-order valence-corrected chi connectivity index (χ4v) is 4.24. The number of aryl methyl sites for hydroxylation is 1. The van der Waals surface area contributed by atoms with Gasteiger partial charge in [-0.2, -0.15) is 5.10 Å². The molecule has 0 radical (unpaired) electrons. The van der Waals surface area contributed by atoms with Gasteiger partial charge in [-0.05, 0) is 58.0 Å². The van der Waals surface area contributed by atoms with Crippen molar-refractivity contribution in [2.45, 2.75) is 45.6 Å². The van der Waals surface area contributed by atoms with Crippen LogP contribution in [0, 0.1) is 5.92 Å². The Morgan fingerprint density at radius 2 is 2.00 bits per heavy atom. The molecular weight excluding hydrogens is 362 g/mol. The highest BCUT2D eigenvalue weighted by molar-refractivity contribution is 6.06. The molecule has 0 aliphatic heterocycles. The molecule has 0 unspecified atom stereocenters. The monoisotopic (exact) mass is 395 g/mol. The highest BCUT2D eigenvalue weighted by Crippen LogP contribution is 2.34. The number of nitrogens with one attached hydrogen (secondary N) is 1.